The number of hydrogen-bond acceptors (Lipinski definition) is 5. The van der Waals surface area contributed by atoms with Crippen LogP contribution in [0, 0.1) is 13.8 Å². The summed E-state index contributed by atoms with van der Waals surface area (Å²) in [6, 6.07) is 7.36. The quantitative estimate of drug-likeness (QED) is 0.757. The Balaban J connectivity index is 1.77. The predicted octanol–water partition coefficient (Wildman–Crippen LogP) is 1.59. The van der Waals surface area contributed by atoms with Gasteiger partial charge in [0.1, 0.15) is 16.3 Å². The fourth-order valence-electron chi connectivity index (χ4n) is 3.28. The van der Waals surface area contributed by atoms with Gasteiger partial charge in [0.25, 0.3) is 5.91 Å². The van der Waals surface area contributed by atoms with E-state index in [0.29, 0.717) is 44.1 Å². The van der Waals surface area contributed by atoms with Crippen molar-refractivity contribution in [3.63, 3.8) is 0 Å². The number of amides is 1. The molecule has 9 heteroatoms. The minimum atomic E-state index is -3.68. The Hall–Kier alpha value is -2.36. The van der Waals surface area contributed by atoms with E-state index in [2.05, 4.69) is 10.3 Å². The van der Waals surface area contributed by atoms with Crippen LogP contribution in [-0.4, -0.2) is 57.0 Å². The number of carbonyl (C=O) groups excluding carboxylic acids is 1. The summed E-state index contributed by atoms with van der Waals surface area (Å²) in [6.07, 6.45) is 0. The second-order valence-corrected chi connectivity index (χ2v) is 8.50. The molecule has 1 amide bonds. The average molecular weight is 407 g/mol. The predicted molar refractivity (Wildman–Crippen MR) is 104 cm³/mol. The van der Waals surface area contributed by atoms with Crippen LogP contribution in [0.2, 0.25) is 0 Å². The molecule has 0 radical (unpaired) electrons. The highest BCUT2D eigenvalue weighted by molar-refractivity contribution is 7.89. The lowest BCUT2D eigenvalue weighted by Crippen LogP contribution is -2.41. The van der Waals surface area contributed by atoms with Gasteiger partial charge in [-0.25, -0.2) is 8.42 Å². The van der Waals surface area contributed by atoms with Gasteiger partial charge in [0.05, 0.1) is 20.3 Å². The Morgan fingerprint density at radius 1 is 1.21 bits per heavy atom. The van der Waals surface area contributed by atoms with Crippen LogP contribution in [0.5, 0.6) is 5.75 Å². The second-order valence-electron chi connectivity index (χ2n) is 6.63. The first-order valence-electron chi connectivity index (χ1n) is 9.02. The van der Waals surface area contributed by atoms with E-state index in [1.54, 1.807) is 21.0 Å². The fourth-order valence-corrected chi connectivity index (χ4v) is 5.09. The molecule has 1 saturated heterocycles. The zero-order chi connectivity index (χ0) is 20.3. The van der Waals surface area contributed by atoms with Crippen LogP contribution in [0.1, 0.15) is 27.3 Å². The Labute approximate surface area is 164 Å². The molecule has 0 aliphatic carbocycles. The number of hydrogen-bond donors (Lipinski definition) is 2. The molecule has 1 aromatic carbocycles. The number of benzene rings is 1. The maximum Gasteiger partial charge on any atom is 0.268 e. The molecular weight excluding hydrogens is 382 g/mol. The van der Waals surface area contributed by atoms with E-state index in [-0.39, 0.29) is 16.5 Å². The van der Waals surface area contributed by atoms with Crippen molar-refractivity contribution in [3.8, 4) is 5.75 Å². The number of rotatable bonds is 6. The Kier molecular flexibility index (Phi) is 6.07. The van der Waals surface area contributed by atoms with Crippen molar-refractivity contribution >= 4 is 15.9 Å². The van der Waals surface area contributed by atoms with Gasteiger partial charge in [0.2, 0.25) is 10.0 Å². The number of aromatic amines is 1. The second kappa shape index (κ2) is 8.34. The number of methoxy groups -OCH3 is 1. The molecule has 2 heterocycles. The standard InChI is InChI=1S/C19H25N3O5S/c1-13-17(19(23)20-12-15-4-6-16(26-3)7-5-15)21-14(2)18(13)28(24,25)22-8-10-27-11-9-22/h4-7,21H,8-12H2,1-3H3,(H,20,23). The largest absolute Gasteiger partial charge is 0.497 e. The van der Waals surface area contributed by atoms with E-state index in [4.69, 9.17) is 9.47 Å². The first-order valence-corrected chi connectivity index (χ1v) is 10.5. The maximum absolute atomic E-state index is 13.0. The van der Waals surface area contributed by atoms with E-state index < -0.39 is 10.0 Å². The molecule has 0 unspecified atom stereocenters. The van der Waals surface area contributed by atoms with E-state index in [9.17, 15) is 13.2 Å². The van der Waals surface area contributed by atoms with Crippen molar-refractivity contribution in [2.24, 2.45) is 0 Å². The van der Waals surface area contributed by atoms with E-state index >= 15 is 0 Å². The van der Waals surface area contributed by atoms with Crippen molar-refractivity contribution in [2.75, 3.05) is 33.4 Å². The number of nitrogens with zero attached hydrogens (tertiary/aromatic N) is 1. The van der Waals surface area contributed by atoms with Crippen LogP contribution in [0.15, 0.2) is 29.2 Å². The van der Waals surface area contributed by atoms with Crippen LogP contribution in [0.3, 0.4) is 0 Å². The number of ether oxygens (including phenoxy) is 2. The summed E-state index contributed by atoms with van der Waals surface area (Å²) in [5.74, 6) is 0.392. The smallest absolute Gasteiger partial charge is 0.268 e. The van der Waals surface area contributed by atoms with E-state index in [0.717, 1.165) is 11.3 Å². The van der Waals surface area contributed by atoms with Gasteiger partial charge in [0.15, 0.2) is 0 Å². The minimum Gasteiger partial charge on any atom is -0.497 e. The third-order valence-electron chi connectivity index (χ3n) is 4.78. The van der Waals surface area contributed by atoms with Crippen LogP contribution < -0.4 is 10.1 Å². The van der Waals surface area contributed by atoms with Crippen molar-refractivity contribution in [2.45, 2.75) is 25.3 Å². The SMILES string of the molecule is COc1ccc(CNC(=O)c2[nH]c(C)c(S(=O)(=O)N3CCOCC3)c2C)cc1. The van der Waals surface area contributed by atoms with Crippen molar-refractivity contribution in [1.29, 1.82) is 0 Å². The third-order valence-corrected chi connectivity index (χ3v) is 6.95. The number of aryl methyl sites for hydroxylation is 1. The van der Waals surface area contributed by atoms with Gasteiger partial charge >= 0.3 is 0 Å². The van der Waals surface area contributed by atoms with Crippen LogP contribution in [-0.2, 0) is 21.3 Å². The van der Waals surface area contributed by atoms with Gasteiger partial charge in [0, 0.05) is 25.3 Å². The number of nitrogens with one attached hydrogen (secondary N) is 2. The number of morpholine rings is 1. The number of H-pyrrole nitrogens is 1. The summed E-state index contributed by atoms with van der Waals surface area (Å²) in [5.41, 5.74) is 2.06. The first-order chi connectivity index (χ1) is 13.3. The van der Waals surface area contributed by atoms with Crippen molar-refractivity contribution in [3.05, 3.63) is 46.8 Å². The van der Waals surface area contributed by atoms with Gasteiger partial charge in [-0.05, 0) is 37.1 Å². The average Bonchev–Trinajstić information content (AvgIpc) is 3.02. The Bertz CT molecular complexity index is 945. The zero-order valence-electron chi connectivity index (χ0n) is 16.2. The summed E-state index contributed by atoms with van der Waals surface area (Å²) in [4.78, 5) is 15.7. The molecule has 0 atom stereocenters. The lowest BCUT2D eigenvalue weighted by Gasteiger charge is -2.26. The monoisotopic (exact) mass is 407 g/mol. The van der Waals surface area contributed by atoms with Crippen LogP contribution >= 0.6 is 0 Å². The minimum absolute atomic E-state index is 0.170. The van der Waals surface area contributed by atoms with Gasteiger partial charge in [-0.2, -0.15) is 4.31 Å². The molecule has 1 aliphatic rings. The summed E-state index contributed by atoms with van der Waals surface area (Å²) in [5, 5.41) is 2.83. The number of carbonyl (C=O) groups is 1. The molecule has 0 saturated carbocycles. The highest BCUT2D eigenvalue weighted by atomic mass is 32.2. The summed E-state index contributed by atoms with van der Waals surface area (Å²) in [6.45, 7) is 5.01. The summed E-state index contributed by atoms with van der Waals surface area (Å²) < 4.78 is 37.8. The molecule has 3 rings (SSSR count). The van der Waals surface area contributed by atoms with Gasteiger partial charge in [-0.3, -0.25) is 4.79 Å². The zero-order valence-corrected chi connectivity index (χ0v) is 17.1. The van der Waals surface area contributed by atoms with Gasteiger partial charge in [-0.1, -0.05) is 12.1 Å². The highest BCUT2D eigenvalue weighted by Gasteiger charge is 2.32. The number of aromatic nitrogens is 1. The van der Waals surface area contributed by atoms with Gasteiger partial charge < -0.3 is 19.8 Å². The molecule has 1 fully saturated rings. The fraction of sp³-hybridized carbons (Fsp3) is 0.421. The van der Waals surface area contributed by atoms with Crippen LogP contribution in [0.4, 0.5) is 0 Å². The number of sulfonamides is 1. The lowest BCUT2D eigenvalue weighted by molar-refractivity contribution is 0.0730. The van der Waals surface area contributed by atoms with Crippen LogP contribution in [0.25, 0.3) is 0 Å². The van der Waals surface area contributed by atoms with Gasteiger partial charge in [-0.15, -0.1) is 0 Å². The highest BCUT2D eigenvalue weighted by Crippen LogP contribution is 2.27. The third kappa shape index (κ3) is 4.06. The first kappa shape index (κ1) is 20.4. The molecule has 1 aliphatic heterocycles. The summed E-state index contributed by atoms with van der Waals surface area (Å²) >= 11 is 0. The molecule has 1 aromatic heterocycles. The topological polar surface area (TPSA) is 101 Å². The normalized spacial score (nSPS) is 15.4. The van der Waals surface area contributed by atoms with Crippen molar-refractivity contribution in [1.82, 2.24) is 14.6 Å². The lowest BCUT2D eigenvalue weighted by atomic mass is 10.2. The molecule has 28 heavy (non-hydrogen) atoms. The van der Waals surface area contributed by atoms with Crippen molar-refractivity contribution < 1.29 is 22.7 Å². The molecule has 2 N–H and O–H groups in total. The molecule has 0 spiro atoms. The Morgan fingerprint density at radius 3 is 2.46 bits per heavy atom. The molecular formula is C19H25N3O5S. The molecule has 152 valence electrons. The molecule has 0 bridgehead atoms. The molecule has 8 nitrogen and oxygen atoms in total. The Morgan fingerprint density at radius 2 is 1.86 bits per heavy atom. The van der Waals surface area contributed by atoms with E-state index in [1.807, 2.05) is 24.3 Å². The summed E-state index contributed by atoms with van der Waals surface area (Å²) in [7, 11) is -2.09. The maximum atomic E-state index is 13.0. The van der Waals surface area contributed by atoms with E-state index in [1.165, 1.54) is 4.31 Å². The molecule has 2 aromatic rings.